The first-order valence-electron chi connectivity index (χ1n) is 20.2. The molecule has 25 nitrogen and oxygen atoms in total. The number of anilines is 3. The third-order valence-corrected chi connectivity index (χ3v) is 16.6. The number of nitrogens with zero attached hydrogens (tertiary/aromatic N) is 7. The van der Waals surface area contributed by atoms with Crippen LogP contribution < -0.4 is 41.3 Å². The molecular weight excluding hydrogens is 1180 g/mol. The van der Waals surface area contributed by atoms with E-state index in [-0.39, 0.29) is 116 Å². The maximum Gasteiger partial charge on any atom is 0.300 e. The smallest absolute Gasteiger partial charge is 0.300 e. The summed E-state index contributed by atoms with van der Waals surface area (Å²) in [5.74, 6) is -3.85. The molecule has 34 heteroatoms. The Bertz CT molecular complexity index is 4690. The molecule has 0 unspecified atom stereocenters. The van der Waals surface area contributed by atoms with Crippen LogP contribution in [0.15, 0.2) is 87.5 Å². The zero-order valence-corrected chi connectivity index (χ0v) is 43.3. The number of hydrogen-bond donors (Lipinski definition) is 6. The van der Waals surface area contributed by atoms with Crippen LogP contribution in [-0.2, 0) is 46.9 Å². The van der Waals surface area contributed by atoms with E-state index in [2.05, 4.69) is 40.2 Å². The van der Waals surface area contributed by atoms with Gasteiger partial charge in [-0.05, 0) is 66.0 Å². The zero-order valence-electron chi connectivity index (χ0n) is 36.2. The normalized spacial score (nSPS) is 13.9. The number of aromatic nitrogens is 4. The predicted octanol–water partition coefficient (Wildman–Crippen LogP) is 8.05. The van der Waals surface area contributed by atoms with Crippen LogP contribution in [0.3, 0.4) is 0 Å². The molecule has 1 aliphatic carbocycles. The Hall–Kier alpha value is -6.58. The van der Waals surface area contributed by atoms with Crippen molar-refractivity contribution < 1.29 is 70.5 Å². The third-order valence-electron chi connectivity index (χ3n) is 11.2. The zero-order chi connectivity index (χ0) is 53.7. The van der Waals surface area contributed by atoms with Crippen molar-refractivity contribution in [3.8, 4) is 46.0 Å². The molecule has 7 N–H and O–H groups in total. The van der Waals surface area contributed by atoms with E-state index in [0.29, 0.717) is 0 Å². The fourth-order valence-corrected chi connectivity index (χ4v) is 12.6. The number of nitrogens with two attached hydrogens (primary N) is 1. The summed E-state index contributed by atoms with van der Waals surface area (Å²) in [5, 5.41) is -0.0516. The molecule has 5 aliphatic rings. The van der Waals surface area contributed by atoms with Crippen molar-refractivity contribution in [2.24, 2.45) is 15.0 Å². The minimum Gasteiger partial charge on any atom is -0.450 e. The molecule has 75 heavy (non-hydrogen) atoms. The molecule has 5 aromatic carbocycles. The maximum atomic E-state index is 13.2. The monoisotopic (exact) mass is 1200 g/mol. The third kappa shape index (κ3) is 8.39. The highest BCUT2D eigenvalue weighted by molar-refractivity contribution is 7.86. The Morgan fingerprint density at radius 3 is 1.80 bits per heavy atom. The first-order valence-corrected chi connectivity index (χ1v) is 27.9. The molecule has 11 rings (SSSR count). The lowest BCUT2D eigenvalue weighted by atomic mass is 10.1. The summed E-state index contributed by atoms with van der Waals surface area (Å²) in [6, 6.07) is 9.92. The van der Waals surface area contributed by atoms with Crippen molar-refractivity contribution >= 4 is 144 Å². The predicted molar refractivity (Wildman–Crippen MR) is 263 cm³/mol. The summed E-state index contributed by atoms with van der Waals surface area (Å²) in [5.41, 5.74) is 3.99. The Kier molecular flexibility index (Phi) is 11.6. The van der Waals surface area contributed by atoms with Crippen LogP contribution in [0.4, 0.5) is 34.4 Å². The number of rotatable bonds is 7. The van der Waals surface area contributed by atoms with Gasteiger partial charge in [0.15, 0.2) is 55.6 Å². The highest BCUT2D eigenvalue weighted by Gasteiger charge is 2.37. The van der Waals surface area contributed by atoms with Crippen LogP contribution in [0.25, 0.3) is 22.6 Å². The minimum atomic E-state index is -5.33. The summed E-state index contributed by atoms with van der Waals surface area (Å²) >= 11 is 33.3. The lowest BCUT2D eigenvalue weighted by Crippen LogP contribution is -2.23. The van der Waals surface area contributed by atoms with E-state index in [1.807, 2.05) is 0 Å². The summed E-state index contributed by atoms with van der Waals surface area (Å²) in [6.45, 7) is 1.41. The van der Waals surface area contributed by atoms with Gasteiger partial charge in [0.1, 0.15) is 74.7 Å². The van der Waals surface area contributed by atoms with E-state index in [4.69, 9.17) is 82.4 Å². The molecule has 0 radical (unpaired) electrons. The van der Waals surface area contributed by atoms with Crippen molar-refractivity contribution in [3.05, 3.63) is 107 Å². The van der Waals surface area contributed by atoms with Gasteiger partial charge in [-0.25, -0.2) is 24.9 Å². The van der Waals surface area contributed by atoms with E-state index in [1.54, 1.807) is 0 Å². The number of ether oxygens (including phenoxy) is 3. The Morgan fingerprint density at radius 1 is 0.600 bits per heavy atom. The molecule has 0 amide bonds. The first kappa shape index (κ1) is 50.6. The van der Waals surface area contributed by atoms with Crippen molar-refractivity contribution in [1.29, 1.82) is 0 Å². The topological polar surface area (TPSA) is 385 Å². The average molecular weight is 1200 g/mol. The summed E-state index contributed by atoms with van der Waals surface area (Å²) < 4.78 is 167. The molecule has 4 aliphatic heterocycles. The second-order valence-corrected chi connectivity index (χ2v) is 23.2. The van der Waals surface area contributed by atoms with Crippen LogP contribution in [-0.4, -0.2) is 71.8 Å². The summed E-state index contributed by atoms with van der Waals surface area (Å²) in [4.78, 5) is 26.3. The Labute approximate surface area is 443 Å². The molecule has 0 saturated heterocycles. The molecule has 0 atom stereocenters. The highest BCUT2D eigenvalue weighted by Crippen LogP contribution is 2.55. The van der Waals surface area contributed by atoms with Gasteiger partial charge in [-0.2, -0.15) is 43.6 Å². The van der Waals surface area contributed by atoms with Crippen LogP contribution >= 0.6 is 58.0 Å². The van der Waals surface area contributed by atoms with Gasteiger partial charge in [-0.15, -0.1) is 0 Å². The van der Waals surface area contributed by atoms with Gasteiger partial charge in [0.2, 0.25) is 5.28 Å². The SMILES string of the molecule is Cc1ccc2c(c1S(=O)(=O)O)Oc1c(Cl)c3c(c(Cl)c1=N2)Oc1c(ccc(Cc2nc(Cl)nc(/N=c4\ccc5nc6c(Cl)c7c(c(Cl)c6oc-5c4S(=O)(=O)O)Nc4ccc(N)c(S(=O)(=O)O)c4O7)n2)c1S(=O)(=O)O)N=3. The van der Waals surface area contributed by atoms with E-state index in [1.165, 1.54) is 43.3 Å². The van der Waals surface area contributed by atoms with Gasteiger partial charge in [0.05, 0.1) is 16.7 Å². The second-order valence-electron chi connectivity index (χ2n) is 16.0. The quantitative estimate of drug-likeness (QED) is 0.0499. The highest BCUT2D eigenvalue weighted by atomic mass is 35.5. The van der Waals surface area contributed by atoms with Crippen LogP contribution in [0.1, 0.15) is 17.0 Å². The lowest BCUT2D eigenvalue weighted by Gasteiger charge is -2.26. The maximum absolute atomic E-state index is 13.2. The number of aryl methyl sites for hydroxylation is 1. The lowest BCUT2D eigenvalue weighted by molar-refractivity contribution is 0.426. The Morgan fingerprint density at radius 2 is 1.19 bits per heavy atom. The van der Waals surface area contributed by atoms with Gasteiger partial charge in [-0.1, -0.05) is 58.5 Å². The number of benzene rings is 6. The molecule has 0 saturated carbocycles. The van der Waals surface area contributed by atoms with Crippen molar-refractivity contribution in [1.82, 2.24) is 19.9 Å². The molecule has 0 bridgehead atoms. The van der Waals surface area contributed by atoms with Gasteiger partial charge in [0.25, 0.3) is 36.3 Å². The van der Waals surface area contributed by atoms with E-state index >= 15 is 0 Å². The number of nitrogen functional groups attached to an aromatic ring is 1. The van der Waals surface area contributed by atoms with Gasteiger partial charge in [0, 0.05) is 6.42 Å². The van der Waals surface area contributed by atoms with Gasteiger partial charge >= 0.3 is 10.1 Å². The van der Waals surface area contributed by atoms with Crippen molar-refractivity contribution in [2.45, 2.75) is 32.9 Å². The molecule has 1 aromatic heterocycles. The fourth-order valence-electron chi connectivity index (χ4n) is 8.20. The second kappa shape index (κ2) is 17.2. The first-order chi connectivity index (χ1) is 35.1. The molecule has 384 valence electrons. The standard InChI is InChI=1S/C41H20Cl5N9O16S4/c1-11-2-5-14-28(36(11)72(56,57)58)68-32-20(42)25-33(21(43)24(32)48-14)69-29-15(49-25)6-3-12(37(29)73(59,60)61)10-19-53-40(46)55-41(54-19)52-18-9-8-17-31(39(18)75(65,66)67)71-35-23(45)26-34(22(44)27(35)51-17)70-30-16(50-26)7-4-13(47)38(30)74(62,63)64/h2-9,50H,10,47H2,1H3,(H,56,57,58)(H,59,60,61)(H,62,63,64)(H,65,66,67)/b52-18+. The molecule has 0 fully saturated rings. The van der Waals surface area contributed by atoms with Crippen molar-refractivity contribution in [2.75, 3.05) is 11.1 Å². The number of halogens is 5. The summed E-state index contributed by atoms with van der Waals surface area (Å²) in [6.07, 6.45) is -0.581. The van der Waals surface area contributed by atoms with Gasteiger partial charge < -0.3 is 29.7 Å². The van der Waals surface area contributed by atoms with Crippen LogP contribution in [0, 0.1) is 6.92 Å². The Balaban J connectivity index is 0.992. The van der Waals surface area contributed by atoms with Crippen LogP contribution in [0.2, 0.25) is 25.4 Å². The number of fused-ring (bicyclic) bond motifs is 8. The van der Waals surface area contributed by atoms with E-state index in [0.717, 1.165) is 12.1 Å². The fraction of sp³-hybridized carbons (Fsp3) is 0.0488. The number of hydrogen-bond acceptors (Lipinski definition) is 21. The molecule has 5 heterocycles. The van der Waals surface area contributed by atoms with E-state index < -0.39 is 100 Å². The largest absolute Gasteiger partial charge is 0.450 e. The van der Waals surface area contributed by atoms with Crippen LogP contribution in [0.5, 0.6) is 34.5 Å². The van der Waals surface area contributed by atoms with E-state index in [9.17, 15) is 51.9 Å². The molecule has 0 spiro atoms. The van der Waals surface area contributed by atoms with Crippen molar-refractivity contribution in [3.63, 3.8) is 0 Å². The molecular formula is C41H20Cl5N9O16S4. The number of nitrogens with one attached hydrogen (secondary N) is 1. The average Bonchev–Trinajstić information content (AvgIpc) is 3.31. The molecule has 6 aromatic rings. The van der Waals surface area contributed by atoms with Gasteiger partial charge in [-0.3, -0.25) is 18.2 Å². The minimum absolute atomic E-state index is 0.0478. The summed E-state index contributed by atoms with van der Waals surface area (Å²) in [7, 11) is -20.4.